The summed E-state index contributed by atoms with van der Waals surface area (Å²) in [6.45, 7) is 3.50. The number of hydrogen-bond acceptors (Lipinski definition) is 4. The molecule has 0 aliphatic heterocycles. The van der Waals surface area contributed by atoms with Crippen molar-refractivity contribution in [2.45, 2.75) is 26.3 Å². The molecule has 1 rings (SSSR count). The van der Waals surface area contributed by atoms with Crippen molar-refractivity contribution in [1.82, 2.24) is 5.32 Å². The Kier molecular flexibility index (Phi) is 6.39. The third-order valence-corrected chi connectivity index (χ3v) is 2.95. The van der Waals surface area contributed by atoms with Crippen molar-refractivity contribution in [2.75, 3.05) is 6.61 Å². The van der Waals surface area contributed by atoms with E-state index in [0.29, 0.717) is 5.56 Å². The van der Waals surface area contributed by atoms with Gasteiger partial charge in [-0.2, -0.15) is 0 Å². The predicted molar refractivity (Wildman–Crippen MR) is 75.7 cm³/mol. The lowest BCUT2D eigenvalue weighted by atomic mass is 9.98. The molecule has 6 nitrogen and oxygen atoms in total. The standard InChI is InChI=1S/C15H19NO5/c1-3-21-12(17)9-10(2)13(15(19)20)16-14(18)11-7-5-4-6-8-11/h4-8,10,13H,3,9H2,1-2H3,(H,16,18)(H,19,20)/t10-,13-/m1/s1. The first-order chi connectivity index (χ1) is 9.95. The molecular formula is C15H19NO5. The highest BCUT2D eigenvalue weighted by Crippen LogP contribution is 2.11. The molecule has 1 amide bonds. The molecule has 0 aliphatic rings. The van der Waals surface area contributed by atoms with Crippen molar-refractivity contribution in [2.24, 2.45) is 5.92 Å². The van der Waals surface area contributed by atoms with E-state index < -0.39 is 29.8 Å². The smallest absolute Gasteiger partial charge is 0.326 e. The maximum Gasteiger partial charge on any atom is 0.326 e. The van der Waals surface area contributed by atoms with Crippen molar-refractivity contribution in [1.29, 1.82) is 0 Å². The van der Waals surface area contributed by atoms with Gasteiger partial charge in [-0.15, -0.1) is 0 Å². The van der Waals surface area contributed by atoms with Crippen molar-refractivity contribution >= 4 is 17.8 Å². The zero-order chi connectivity index (χ0) is 15.8. The molecule has 0 fully saturated rings. The third-order valence-electron chi connectivity index (χ3n) is 2.95. The van der Waals surface area contributed by atoms with Gasteiger partial charge in [-0.05, 0) is 25.0 Å². The van der Waals surface area contributed by atoms with Gasteiger partial charge in [0.1, 0.15) is 6.04 Å². The van der Waals surface area contributed by atoms with E-state index in [0.717, 1.165) is 0 Å². The van der Waals surface area contributed by atoms with E-state index in [1.54, 1.807) is 44.2 Å². The van der Waals surface area contributed by atoms with Crippen LogP contribution in [0.25, 0.3) is 0 Å². The van der Waals surface area contributed by atoms with Crippen LogP contribution >= 0.6 is 0 Å². The Morgan fingerprint density at radius 2 is 1.86 bits per heavy atom. The summed E-state index contributed by atoms with van der Waals surface area (Å²) in [5.41, 5.74) is 0.368. The molecule has 0 saturated heterocycles. The lowest BCUT2D eigenvalue weighted by Crippen LogP contribution is -2.45. The first kappa shape index (κ1) is 16.7. The van der Waals surface area contributed by atoms with E-state index in [1.807, 2.05) is 0 Å². The fourth-order valence-corrected chi connectivity index (χ4v) is 1.86. The van der Waals surface area contributed by atoms with Gasteiger partial charge in [-0.25, -0.2) is 4.79 Å². The quantitative estimate of drug-likeness (QED) is 0.742. The van der Waals surface area contributed by atoms with Crippen LogP contribution in [-0.2, 0) is 14.3 Å². The monoisotopic (exact) mass is 293 g/mol. The minimum atomic E-state index is -1.18. The number of aliphatic carboxylic acids is 1. The topological polar surface area (TPSA) is 92.7 Å². The summed E-state index contributed by atoms with van der Waals surface area (Å²) in [7, 11) is 0. The Hall–Kier alpha value is -2.37. The van der Waals surface area contributed by atoms with Crippen LogP contribution in [0.4, 0.5) is 0 Å². The molecule has 0 unspecified atom stereocenters. The minimum absolute atomic E-state index is 0.0696. The molecule has 21 heavy (non-hydrogen) atoms. The molecule has 0 aromatic heterocycles. The average Bonchev–Trinajstić information content (AvgIpc) is 2.45. The van der Waals surface area contributed by atoms with Crippen molar-refractivity contribution in [3.63, 3.8) is 0 Å². The van der Waals surface area contributed by atoms with E-state index in [9.17, 15) is 19.5 Å². The number of nitrogens with one attached hydrogen (secondary N) is 1. The molecule has 0 radical (unpaired) electrons. The van der Waals surface area contributed by atoms with E-state index >= 15 is 0 Å². The molecule has 0 saturated carbocycles. The number of rotatable bonds is 7. The molecule has 1 aromatic carbocycles. The summed E-state index contributed by atoms with van der Waals surface area (Å²) in [5.74, 6) is -2.73. The fourth-order valence-electron chi connectivity index (χ4n) is 1.86. The lowest BCUT2D eigenvalue weighted by molar-refractivity contribution is -0.145. The molecule has 0 aliphatic carbocycles. The summed E-state index contributed by atoms with van der Waals surface area (Å²) in [6, 6.07) is 7.16. The maximum absolute atomic E-state index is 12.0. The highest BCUT2D eigenvalue weighted by Gasteiger charge is 2.28. The SMILES string of the molecule is CCOC(=O)C[C@@H](C)[C@@H](NC(=O)c1ccccc1)C(=O)O. The number of carbonyl (C=O) groups excluding carboxylic acids is 2. The number of amides is 1. The number of hydrogen-bond donors (Lipinski definition) is 2. The molecule has 0 spiro atoms. The van der Waals surface area contributed by atoms with Gasteiger partial charge in [-0.3, -0.25) is 9.59 Å². The van der Waals surface area contributed by atoms with Gasteiger partial charge in [0.2, 0.25) is 0 Å². The Morgan fingerprint density at radius 3 is 2.38 bits per heavy atom. The van der Waals surface area contributed by atoms with Crippen LogP contribution in [0.15, 0.2) is 30.3 Å². The molecular weight excluding hydrogens is 274 g/mol. The molecule has 0 bridgehead atoms. The highest BCUT2D eigenvalue weighted by atomic mass is 16.5. The molecule has 1 aromatic rings. The number of carboxylic acids is 1. The number of ether oxygens (including phenoxy) is 1. The van der Waals surface area contributed by atoms with Gasteiger partial charge in [-0.1, -0.05) is 25.1 Å². The van der Waals surface area contributed by atoms with Gasteiger partial charge in [0.05, 0.1) is 13.0 Å². The molecule has 2 atom stereocenters. The second kappa shape index (κ2) is 8.04. The molecule has 0 heterocycles. The summed E-state index contributed by atoms with van der Waals surface area (Å²) in [6.07, 6.45) is -0.0696. The number of carboxylic acid groups (broad SMARTS) is 1. The average molecular weight is 293 g/mol. The van der Waals surface area contributed by atoms with Crippen LogP contribution in [0, 0.1) is 5.92 Å². The van der Waals surface area contributed by atoms with Crippen LogP contribution in [0.3, 0.4) is 0 Å². The van der Waals surface area contributed by atoms with Crippen molar-refractivity contribution < 1.29 is 24.2 Å². The van der Waals surface area contributed by atoms with Gasteiger partial charge in [0, 0.05) is 5.56 Å². The normalized spacial score (nSPS) is 13.0. The van der Waals surface area contributed by atoms with Gasteiger partial charge in [0.15, 0.2) is 0 Å². The Balaban J connectivity index is 2.71. The van der Waals surface area contributed by atoms with Crippen LogP contribution in [0.5, 0.6) is 0 Å². The zero-order valence-corrected chi connectivity index (χ0v) is 12.0. The second-order valence-corrected chi connectivity index (χ2v) is 4.64. The molecule has 6 heteroatoms. The summed E-state index contributed by atoms with van der Waals surface area (Å²) in [4.78, 5) is 34.7. The van der Waals surface area contributed by atoms with E-state index in [2.05, 4.69) is 5.32 Å². The van der Waals surface area contributed by atoms with E-state index in [4.69, 9.17) is 4.74 Å². The number of carbonyl (C=O) groups is 3. The lowest BCUT2D eigenvalue weighted by Gasteiger charge is -2.20. The first-order valence-electron chi connectivity index (χ1n) is 6.70. The Bertz CT molecular complexity index is 500. The summed E-state index contributed by atoms with van der Waals surface area (Å²) in [5, 5.41) is 11.6. The highest BCUT2D eigenvalue weighted by molar-refractivity contribution is 5.96. The number of benzene rings is 1. The van der Waals surface area contributed by atoms with Gasteiger partial charge >= 0.3 is 11.9 Å². The minimum Gasteiger partial charge on any atom is -0.480 e. The largest absolute Gasteiger partial charge is 0.480 e. The van der Waals surface area contributed by atoms with Crippen LogP contribution < -0.4 is 5.32 Å². The zero-order valence-electron chi connectivity index (χ0n) is 12.0. The number of esters is 1. The summed E-state index contributed by atoms with van der Waals surface area (Å²) < 4.78 is 4.79. The van der Waals surface area contributed by atoms with Crippen molar-refractivity contribution in [3.05, 3.63) is 35.9 Å². The first-order valence-corrected chi connectivity index (χ1v) is 6.70. The Labute approximate surface area is 123 Å². The predicted octanol–water partition coefficient (Wildman–Crippen LogP) is 1.46. The van der Waals surface area contributed by atoms with Crippen molar-refractivity contribution in [3.8, 4) is 0 Å². The fraction of sp³-hybridized carbons (Fsp3) is 0.400. The van der Waals surface area contributed by atoms with Gasteiger partial charge < -0.3 is 15.2 Å². The second-order valence-electron chi connectivity index (χ2n) is 4.64. The molecule has 114 valence electrons. The van der Waals surface area contributed by atoms with Crippen LogP contribution in [0.2, 0.25) is 0 Å². The third kappa shape index (κ3) is 5.25. The van der Waals surface area contributed by atoms with Crippen LogP contribution in [-0.4, -0.2) is 35.6 Å². The maximum atomic E-state index is 12.0. The summed E-state index contributed by atoms with van der Waals surface area (Å²) >= 11 is 0. The molecule has 2 N–H and O–H groups in total. The van der Waals surface area contributed by atoms with Gasteiger partial charge in [0.25, 0.3) is 5.91 Å². The Morgan fingerprint density at radius 1 is 1.24 bits per heavy atom. The van der Waals surface area contributed by atoms with E-state index in [1.165, 1.54) is 0 Å². The van der Waals surface area contributed by atoms with E-state index in [-0.39, 0.29) is 13.0 Å². The van der Waals surface area contributed by atoms with Crippen LogP contribution in [0.1, 0.15) is 30.6 Å².